The van der Waals surface area contributed by atoms with Gasteiger partial charge in [0, 0.05) is 32.1 Å². The zero-order chi connectivity index (χ0) is 21.2. The van der Waals surface area contributed by atoms with E-state index in [0.717, 1.165) is 4.31 Å². The van der Waals surface area contributed by atoms with Gasteiger partial charge in [0.2, 0.25) is 15.8 Å². The Kier molecular flexibility index (Phi) is 5.96. The molecule has 2 heterocycles. The molecule has 0 bridgehead atoms. The Bertz CT molecular complexity index is 1130. The van der Waals surface area contributed by atoms with Crippen LogP contribution in [0.4, 0.5) is 0 Å². The second-order valence-corrected chi connectivity index (χ2v) is 8.71. The highest BCUT2D eigenvalue weighted by Gasteiger charge is 2.25. The van der Waals surface area contributed by atoms with E-state index in [9.17, 15) is 13.2 Å². The summed E-state index contributed by atoms with van der Waals surface area (Å²) in [6.45, 7) is 1.56. The topological polar surface area (TPSA) is 115 Å². The first-order valence-corrected chi connectivity index (χ1v) is 10.2. The fraction of sp³-hybridized carbons (Fsp3) is 0.222. The molecule has 0 radical (unpaired) electrons. The maximum Gasteiger partial charge on any atom is 0.338 e. The first-order valence-electron chi connectivity index (χ1n) is 8.37. The van der Waals surface area contributed by atoms with Crippen molar-refractivity contribution in [3.05, 3.63) is 59.2 Å². The van der Waals surface area contributed by atoms with Crippen molar-refractivity contribution < 1.29 is 22.5 Å². The summed E-state index contributed by atoms with van der Waals surface area (Å²) in [5.41, 5.74) is 0.672. The fourth-order valence-electron chi connectivity index (χ4n) is 2.32. The maximum atomic E-state index is 12.5. The first kappa shape index (κ1) is 20.9. The predicted molar refractivity (Wildman–Crippen MR) is 104 cm³/mol. The van der Waals surface area contributed by atoms with Crippen molar-refractivity contribution in [2.75, 3.05) is 14.1 Å². The van der Waals surface area contributed by atoms with E-state index < -0.39 is 22.1 Å². The van der Waals surface area contributed by atoms with Crippen molar-refractivity contribution >= 4 is 27.6 Å². The van der Waals surface area contributed by atoms with Gasteiger partial charge in [-0.25, -0.2) is 17.5 Å². The minimum Gasteiger partial charge on any atom is -0.449 e. The third-order valence-corrected chi connectivity index (χ3v) is 6.22. The lowest BCUT2D eigenvalue weighted by atomic mass is 10.2. The summed E-state index contributed by atoms with van der Waals surface area (Å²) in [4.78, 5) is 20.5. The number of hydrogen-bond acceptors (Lipinski definition) is 8. The van der Waals surface area contributed by atoms with E-state index >= 15 is 0 Å². The van der Waals surface area contributed by atoms with E-state index in [0.29, 0.717) is 11.4 Å². The van der Waals surface area contributed by atoms with Crippen LogP contribution in [0, 0.1) is 0 Å². The quantitative estimate of drug-likeness (QED) is 0.541. The zero-order valence-electron chi connectivity index (χ0n) is 15.7. The Labute approximate surface area is 172 Å². The number of nitrogens with zero attached hydrogens (tertiary/aromatic N) is 4. The highest BCUT2D eigenvalue weighted by atomic mass is 35.5. The van der Waals surface area contributed by atoms with Gasteiger partial charge in [-0.15, -0.1) is 0 Å². The second kappa shape index (κ2) is 8.27. The molecule has 0 N–H and O–H groups in total. The van der Waals surface area contributed by atoms with Crippen LogP contribution in [0.1, 0.15) is 29.3 Å². The third-order valence-electron chi connectivity index (χ3n) is 3.92. The van der Waals surface area contributed by atoms with Crippen molar-refractivity contribution in [2.45, 2.75) is 17.9 Å². The molecule has 9 nitrogen and oxygen atoms in total. The van der Waals surface area contributed by atoms with Gasteiger partial charge in [0.15, 0.2) is 6.10 Å². The van der Waals surface area contributed by atoms with Gasteiger partial charge in [-0.2, -0.15) is 4.98 Å². The van der Waals surface area contributed by atoms with Crippen LogP contribution in [0.3, 0.4) is 0 Å². The van der Waals surface area contributed by atoms with Crippen molar-refractivity contribution in [2.24, 2.45) is 0 Å². The molecule has 11 heteroatoms. The monoisotopic (exact) mass is 436 g/mol. The zero-order valence-corrected chi connectivity index (χ0v) is 17.3. The van der Waals surface area contributed by atoms with Crippen LogP contribution in [-0.2, 0) is 14.8 Å². The number of aromatic nitrogens is 3. The highest BCUT2D eigenvalue weighted by molar-refractivity contribution is 7.89. The molecule has 3 aromatic rings. The molecule has 2 aromatic heterocycles. The van der Waals surface area contributed by atoms with E-state index in [1.807, 2.05) is 0 Å². The van der Waals surface area contributed by atoms with Crippen LogP contribution in [0.5, 0.6) is 0 Å². The number of sulfonamides is 1. The Balaban J connectivity index is 1.80. The van der Waals surface area contributed by atoms with Crippen LogP contribution in [0.15, 0.2) is 52.1 Å². The lowest BCUT2D eigenvalue weighted by molar-refractivity contribution is 0.0265. The van der Waals surface area contributed by atoms with Crippen LogP contribution in [0.25, 0.3) is 11.4 Å². The Morgan fingerprint density at radius 1 is 1.28 bits per heavy atom. The van der Waals surface area contributed by atoms with E-state index in [4.69, 9.17) is 20.9 Å². The van der Waals surface area contributed by atoms with E-state index in [1.54, 1.807) is 31.5 Å². The number of hydrogen-bond donors (Lipinski definition) is 0. The van der Waals surface area contributed by atoms with Gasteiger partial charge in [0.25, 0.3) is 5.89 Å². The molecule has 0 aliphatic heterocycles. The number of carbonyl (C=O) groups excluding carboxylic acids is 1. The lowest BCUT2D eigenvalue weighted by Gasteiger charge is -2.14. The molecule has 29 heavy (non-hydrogen) atoms. The van der Waals surface area contributed by atoms with Crippen molar-refractivity contribution in [3.8, 4) is 11.4 Å². The van der Waals surface area contributed by atoms with Gasteiger partial charge in [-0.05, 0) is 37.3 Å². The summed E-state index contributed by atoms with van der Waals surface area (Å²) in [5.74, 6) is -0.361. The summed E-state index contributed by atoms with van der Waals surface area (Å²) in [5, 5.41) is 3.85. The molecular formula is C18H17ClN4O5S. The molecule has 0 aliphatic carbocycles. The smallest absolute Gasteiger partial charge is 0.338 e. The average Bonchev–Trinajstić information content (AvgIpc) is 3.19. The Hall–Kier alpha value is -2.82. The molecular weight excluding hydrogens is 420 g/mol. The van der Waals surface area contributed by atoms with Crippen LogP contribution in [-0.4, -0.2) is 47.9 Å². The molecule has 1 unspecified atom stereocenters. The molecule has 0 fully saturated rings. The maximum absolute atomic E-state index is 12.5. The number of ether oxygens (including phenoxy) is 1. The van der Waals surface area contributed by atoms with E-state index in [1.165, 1.54) is 32.3 Å². The number of halogens is 1. The van der Waals surface area contributed by atoms with Gasteiger partial charge in [-0.3, -0.25) is 4.98 Å². The molecule has 1 aromatic carbocycles. The van der Waals surface area contributed by atoms with Crippen LogP contribution >= 0.6 is 11.6 Å². The van der Waals surface area contributed by atoms with Crippen LogP contribution in [0.2, 0.25) is 5.02 Å². The highest BCUT2D eigenvalue weighted by Crippen LogP contribution is 2.26. The van der Waals surface area contributed by atoms with Gasteiger partial charge < -0.3 is 9.26 Å². The van der Waals surface area contributed by atoms with E-state index in [-0.39, 0.29) is 21.4 Å². The second-order valence-electron chi connectivity index (χ2n) is 6.18. The average molecular weight is 437 g/mol. The number of pyridine rings is 1. The van der Waals surface area contributed by atoms with Gasteiger partial charge >= 0.3 is 5.97 Å². The SMILES string of the molecule is CC(OC(=O)c1ccc(Cl)c(S(=O)(=O)N(C)C)c1)c1nc(-c2cccnc2)no1. The van der Waals surface area contributed by atoms with Gasteiger partial charge in [-0.1, -0.05) is 16.8 Å². The molecule has 0 spiro atoms. The molecule has 1 atom stereocenters. The Morgan fingerprint density at radius 3 is 2.69 bits per heavy atom. The molecule has 0 saturated carbocycles. The molecule has 152 valence electrons. The van der Waals surface area contributed by atoms with Gasteiger partial charge in [0.05, 0.1) is 10.6 Å². The summed E-state index contributed by atoms with van der Waals surface area (Å²) in [7, 11) is -1.09. The number of carbonyl (C=O) groups is 1. The van der Waals surface area contributed by atoms with Crippen molar-refractivity contribution in [3.63, 3.8) is 0 Å². The predicted octanol–water partition coefficient (Wildman–Crippen LogP) is 2.95. The van der Waals surface area contributed by atoms with Crippen molar-refractivity contribution in [1.29, 1.82) is 0 Å². The summed E-state index contributed by atoms with van der Waals surface area (Å²) in [6, 6.07) is 7.36. The largest absolute Gasteiger partial charge is 0.449 e. The normalized spacial score (nSPS) is 12.7. The summed E-state index contributed by atoms with van der Waals surface area (Å²) < 4.78 is 36.2. The fourth-order valence-corrected chi connectivity index (χ4v) is 3.71. The molecule has 0 amide bonds. The molecule has 0 aliphatic rings. The Morgan fingerprint density at radius 2 is 2.03 bits per heavy atom. The first-order chi connectivity index (χ1) is 13.7. The molecule has 3 rings (SSSR count). The number of esters is 1. The van der Waals surface area contributed by atoms with E-state index in [2.05, 4.69) is 15.1 Å². The summed E-state index contributed by atoms with van der Waals surface area (Å²) in [6.07, 6.45) is 2.34. The standard InChI is InChI=1S/C18H17ClN4O5S/c1-11(17-21-16(22-28-17)13-5-4-8-20-10-13)27-18(24)12-6-7-14(19)15(9-12)29(25,26)23(2)3/h4-11H,1-3H3. The summed E-state index contributed by atoms with van der Waals surface area (Å²) >= 11 is 6.00. The minimum atomic E-state index is -3.82. The third kappa shape index (κ3) is 4.44. The lowest BCUT2D eigenvalue weighted by Crippen LogP contribution is -2.23. The van der Waals surface area contributed by atoms with Crippen molar-refractivity contribution in [1.82, 2.24) is 19.4 Å². The minimum absolute atomic E-state index is 0.00121. The van der Waals surface area contributed by atoms with Gasteiger partial charge in [0.1, 0.15) is 4.90 Å². The number of benzene rings is 1. The molecule has 0 saturated heterocycles. The number of rotatable bonds is 6. The van der Waals surface area contributed by atoms with Crippen LogP contribution < -0.4 is 0 Å².